The minimum absolute atomic E-state index is 0.178. The van der Waals surface area contributed by atoms with E-state index in [0.29, 0.717) is 6.54 Å². The molecule has 2 atom stereocenters. The molecular weight excluding hydrogens is 192 g/mol. The zero-order chi connectivity index (χ0) is 11.6. The summed E-state index contributed by atoms with van der Waals surface area (Å²) in [5.74, 6) is -0.592. The van der Waals surface area contributed by atoms with Crippen molar-refractivity contribution in [3.8, 4) is 6.07 Å². The van der Waals surface area contributed by atoms with Gasteiger partial charge in [0.1, 0.15) is 6.04 Å². The van der Waals surface area contributed by atoms with E-state index < -0.39 is 17.4 Å². The van der Waals surface area contributed by atoms with E-state index in [1.807, 2.05) is 25.7 Å². The van der Waals surface area contributed by atoms with Gasteiger partial charge in [0.2, 0.25) is 0 Å². The molecule has 15 heavy (non-hydrogen) atoms. The van der Waals surface area contributed by atoms with E-state index in [1.165, 1.54) is 0 Å². The maximum absolute atomic E-state index is 11.1. The number of carboxylic acid groups (broad SMARTS) is 1. The Kier molecular flexibility index (Phi) is 3.35. The fourth-order valence-electron chi connectivity index (χ4n) is 2.15. The number of hydrogen-bond acceptors (Lipinski definition) is 3. The third kappa shape index (κ3) is 2.69. The highest BCUT2D eigenvalue weighted by Crippen LogP contribution is 2.27. The standard InChI is InChI=1S/C11H18N2O2/c1-8-4-5-13(9(8)10(14)15)7-11(2,3)6-12/h8-9H,4-5,7H2,1-3H3,(H,14,15). The molecule has 0 bridgehead atoms. The molecule has 0 amide bonds. The Bertz CT molecular complexity index is 293. The first-order valence-electron chi connectivity index (χ1n) is 5.25. The molecule has 4 heteroatoms. The predicted molar refractivity (Wildman–Crippen MR) is 56.2 cm³/mol. The van der Waals surface area contributed by atoms with Gasteiger partial charge in [-0.15, -0.1) is 0 Å². The zero-order valence-electron chi connectivity index (χ0n) is 9.53. The number of likely N-dealkylation sites (tertiary alicyclic amines) is 1. The highest BCUT2D eigenvalue weighted by atomic mass is 16.4. The Labute approximate surface area is 90.5 Å². The number of carbonyl (C=O) groups is 1. The average Bonchev–Trinajstić information content (AvgIpc) is 2.46. The number of rotatable bonds is 3. The van der Waals surface area contributed by atoms with Gasteiger partial charge in [-0.3, -0.25) is 9.69 Å². The van der Waals surface area contributed by atoms with Crippen molar-refractivity contribution in [3.63, 3.8) is 0 Å². The minimum Gasteiger partial charge on any atom is -0.480 e. The van der Waals surface area contributed by atoms with Gasteiger partial charge in [0.15, 0.2) is 0 Å². The molecule has 0 aromatic carbocycles. The molecule has 0 aliphatic carbocycles. The topological polar surface area (TPSA) is 64.3 Å². The van der Waals surface area contributed by atoms with Crippen LogP contribution in [0.1, 0.15) is 27.2 Å². The number of nitrogens with zero attached hydrogens (tertiary/aromatic N) is 2. The summed E-state index contributed by atoms with van der Waals surface area (Å²) in [6.45, 7) is 6.95. The zero-order valence-corrected chi connectivity index (χ0v) is 9.53. The predicted octanol–water partition coefficient (Wildman–Crippen LogP) is 1.33. The van der Waals surface area contributed by atoms with Crippen LogP contribution in [-0.2, 0) is 4.79 Å². The van der Waals surface area contributed by atoms with E-state index in [2.05, 4.69) is 6.07 Å². The maximum atomic E-state index is 11.1. The van der Waals surface area contributed by atoms with Crippen LogP contribution in [0.2, 0.25) is 0 Å². The van der Waals surface area contributed by atoms with Crippen molar-refractivity contribution in [2.75, 3.05) is 13.1 Å². The fourth-order valence-corrected chi connectivity index (χ4v) is 2.15. The molecule has 4 nitrogen and oxygen atoms in total. The second-order valence-corrected chi connectivity index (χ2v) is 5.02. The molecule has 2 unspecified atom stereocenters. The van der Waals surface area contributed by atoms with Gasteiger partial charge in [-0.1, -0.05) is 6.92 Å². The van der Waals surface area contributed by atoms with Gasteiger partial charge in [0, 0.05) is 6.54 Å². The van der Waals surface area contributed by atoms with Gasteiger partial charge >= 0.3 is 5.97 Å². The van der Waals surface area contributed by atoms with Crippen LogP contribution in [-0.4, -0.2) is 35.1 Å². The molecule has 0 saturated carbocycles. The van der Waals surface area contributed by atoms with Crippen molar-refractivity contribution >= 4 is 5.97 Å². The molecule has 1 heterocycles. The third-order valence-corrected chi connectivity index (χ3v) is 2.96. The van der Waals surface area contributed by atoms with Crippen LogP contribution in [0.25, 0.3) is 0 Å². The van der Waals surface area contributed by atoms with Gasteiger partial charge in [-0.25, -0.2) is 0 Å². The van der Waals surface area contributed by atoms with Gasteiger partial charge in [-0.2, -0.15) is 5.26 Å². The maximum Gasteiger partial charge on any atom is 0.321 e. The lowest BCUT2D eigenvalue weighted by atomic mass is 9.94. The van der Waals surface area contributed by atoms with Crippen molar-refractivity contribution in [1.29, 1.82) is 5.26 Å². The smallest absolute Gasteiger partial charge is 0.321 e. The molecule has 1 rings (SSSR count). The molecule has 0 spiro atoms. The summed E-state index contributed by atoms with van der Waals surface area (Å²) in [5, 5.41) is 18.0. The quantitative estimate of drug-likeness (QED) is 0.763. The Morgan fingerprint density at radius 3 is 2.73 bits per heavy atom. The first-order valence-corrected chi connectivity index (χ1v) is 5.25. The highest BCUT2D eigenvalue weighted by Gasteiger charge is 2.38. The van der Waals surface area contributed by atoms with Crippen molar-refractivity contribution in [2.45, 2.75) is 33.2 Å². The molecule has 1 fully saturated rings. The molecule has 0 radical (unpaired) electrons. The molecule has 1 N–H and O–H groups in total. The molecule has 1 aliphatic heterocycles. The minimum atomic E-state index is -0.770. The van der Waals surface area contributed by atoms with Crippen LogP contribution in [0.5, 0.6) is 0 Å². The Morgan fingerprint density at radius 2 is 2.27 bits per heavy atom. The Balaban J connectivity index is 2.71. The average molecular weight is 210 g/mol. The van der Waals surface area contributed by atoms with Crippen LogP contribution >= 0.6 is 0 Å². The number of carboxylic acids is 1. The SMILES string of the molecule is CC1CCN(CC(C)(C)C#N)C1C(=O)O. The molecule has 84 valence electrons. The van der Waals surface area contributed by atoms with Crippen LogP contribution < -0.4 is 0 Å². The molecule has 0 aromatic heterocycles. The van der Waals surface area contributed by atoms with E-state index in [1.54, 1.807) is 0 Å². The third-order valence-electron chi connectivity index (χ3n) is 2.96. The van der Waals surface area contributed by atoms with E-state index in [0.717, 1.165) is 13.0 Å². The lowest BCUT2D eigenvalue weighted by molar-refractivity contribution is -0.143. The van der Waals surface area contributed by atoms with Crippen molar-refractivity contribution in [1.82, 2.24) is 4.90 Å². The summed E-state index contributed by atoms with van der Waals surface area (Å²) in [6.07, 6.45) is 0.901. The van der Waals surface area contributed by atoms with Gasteiger partial charge < -0.3 is 5.11 Å². The van der Waals surface area contributed by atoms with Crippen LogP contribution in [0, 0.1) is 22.7 Å². The summed E-state index contributed by atoms with van der Waals surface area (Å²) in [6, 6.07) is 1.79. The van der Waals surface area contributed by atoms with Crippen LogP contribution in [0.3, 0.4) is 0 Å². The summed E-state index contributed by atoms with van der Waals surface area (Å²) in [7, 11) is 0. The van der Waals surface area contributed by atoms with Crippen molar-refractivity contribution in [2.24, 2.45) is 11.3 Å². The van der Waals surface area contributed by atoms with Crippen LogP contribution in [0.4, 0.5) is 0 Å². The van der Waals surface area contributed by atoms with E-state index >= 15 is 0 Å². The monoisotopic (exact) mass is 210 g/mol. The largest absolute Gasteiger partial charge is 0.480 e. The Morgan fingerprint density at radius 1 is 1.67 bits per heavy atom. The molecule has 1 saturated heterocycles. The van der Waals surface area contributed by atoms with Gasteiger partial charge in [0.05, 0.1) is 11.5 Å². The summed E-state index contributed by atoms with van der Waals surface area (Å²) >= 11 is 0. The van der Waals surface area contributed by atoms with Crippen LogP contribution in [0.15, 0.2) is 0 Å². The highest BCUT2D eigenvalue weighted by molar-refractivity contribution is 5.74. The summed E-state index contributed by atoms with van der Waals surface area (Å²) in [5.41, 5.74) is -0.474. The first-order chi connectivity index (χ1) is 6.87. The van der Waals surface area contributed by atoms with Gasteiger partial charge in [-0.05, 0) is 32.7 Å². The normalized spacial score (nSPS) is 27.6. The lowest BCUT2D eigenvalue weighted by Crippen LogP contribution is -2.43. The Hall–Kier alpha value is -1.08. The fraction of sp³-hybridized carbons (Fsp3) is 0.818. The summed E-state index contributed by atoms with van der Waals surface area (Å²) < 4.78 is 0. The van der Waals surface area contributed by atoms with Crippen molar-refractivity contribution < 1.29 is 9.90 Å². The molecule has 1 aliphatic rings. The second-order valence-electron chi connectivity index (χ2n) is 5.02. The second kappa shape index (κ2) is 4.19. The molecule has 0 aromatic rings. The molecular formula is C11H18N2O2. The van der Waals surface area contributed by atoms with E-state index in [9.17, 15) is 4.79 Å². The number of nitriles is 1. The van der Waals surface area contributed by atoms with Gasteiger partial charge in [0.25, 0.3) is 0 Å². The number of aliphatic carboxylic acids is 1. The van der Waals surface area contributed by atoms with Crippen molar-refractivity contribution in [3.05, 3.63) is 0 Å². The summed E-state index contributed by atoms with van der Waals surface area (Å²) in [4.78, 5) is 13.0. The lowest BCUT2D eigenvalue weighted by Gasteiger charge is -2.28. The van der Waals surface area contributed by atoms with E-state index in [-0.39, 0.29) is 5.92 Å². The van der Waals surface area contributed by atoms with E-state index in [4.69, 9.17) is 10.4 Å². The first kappa shape index (κ1) is 12.0. The number of hydrogen-bond donors (Lipinski definition) is 1.